The van der Waals surface area contributed by atoms with Gasteiger partial charge in [-0.25, -0.2) is 4.79 Å². The number of carbonyl (C=O) groups is 3. The largest absolute Gasteiger partial charge is 0.350 e. The lowest BCUT2D eigenvalue weighted by Crippen LogP contribution is -2.41. The topological polar surface area (TPSA) is 90.5 Å². The first-order chi connectivity index (χ1) is 18.8. The van der Waals surface area contributed by atoms with Crippen LogP contribution in [0.25, 0.3) is 0 Å². The number of carbonyl (C=O) groups excluding carboxylic acids is 3. The molecule has 0 bridgehead atoms. The standard InChI is InChI=1S/C29H27Cl3N4O3/c30-20-6-3-5-18(14-20)28(38)36-13-10-22-19(16-36)15-23(31)25(26(22)32)27(37)33-11-12-34-29(39)35-24-9-8-17-4-1-2-7-21(17)24/h1-7,14-15,24H,8-13,16H2,(H,33,37)(H2,34,35,39)/t24-/m1/s1. The molecule has 0 fully saturated rings. The number of halogens is 3. The summed E-state index contributed by atoms with van der Waals surface area (Å²) in [6.45, 7) is 1.23. The van der Waals surface area contributed by atoms with Crippen LogP contribution in [0.2, 0.25) is 15.1 Å². The summed E-state index contributed by atoms with van der Waals surface area (Å²) in [5.41, 5.74) is 4.71. The average Bonchev–Trinajstić information content (AvgIpc) is 3.33. The van der Waals surface area contributed by atoms with E-state index in [9.17, 15) is 14.4 Å². The first kappa shape index (κ1) is 27.3. The van der Waals surface area contributed by atoms with Crippen LogP contribution in [0.15, 0.2) is 54.6 Å². The van der Waals surface area contributed by atoms with E-state index in [-0.39, 0.29) is 46.7 Å². The molecule has 1 atom stereocenters. The van der Waals surface area contributed by atoms with Crippen LogP contribution in [0.1, 0.15) is 55.4 Å². The molecule has 0 radical (unpaired) electrons. The van der Waals surface area contributed by atoms with Gasteiger partial charge in [0, 0.05) is 36.8 Å². The van der Waals surface area contributed by atoms with E-state index < -0.39 is 5.91 Å². The number of benzene rings is 3. The Hall–Kier alpha value is -3.26. The highest BCUT2D eigenvalue weighted by Crippen LogP contribution is 2.35. The fourth-order valence-electron chi connectivity index (χ4n) is 5.19. The molecule has 3 aromatic rings. The zero-order chi connectivity index (χ0) is 27.5. The normalized spacial score (nSPS) is 15.8. The van der Waals surface area contributed by atoms with Gasteiger partial charge in [-0.3, -0.25) is 9.59 Å². The Balaban J connectivity index is 1.15. The van der Waals surface area contributed by atoms with Gasteiger partial charge in [0.05, 0.1) is 21.7 Å². The van der Waals surface area contributed by atoms with E-state index in [0.29, 0.717) is 30.1 Å². The summed E-state index contributed by atoms with van der Waals surface area (Å²) in [4.78, 5) is 40.0. The van der Waals surface area contributed by atoms with Crippen molar-refractivity contribution in [3.8, 4) is 0 Å². The highest BCUT2D eigenvalue weighted by Gasteiger charge is 2.28. The van der Waals surface area contributed by atoms with E-state index in [2.05, 4.69) is 22.0 Å². The molecule has 2 aliphatic rings. The number of nitrogens with zero attached hydrogens (tertiary/aromatic N) is 1. The number of hydrogen-bond acceptors (Lipinski definition) is 3. The van der Waals surface area contributed by atoms with Crippen LogP contribution in [-0.4, -0.2) is 42.4 Å². The zero-order valence-electron chi connectivity index (χ0n) is 21.0. The van der Waals surface area contributed by atoms with E-state index in [1.54, 1.807) is 35.2 Å². The van der Waals surface area contributed by atoms with Crippen molar-refractivity contribution < 1.29 is 14.4 Å². The summed E-state index contributed by atoms with van der Waals surface area (Å²) in [5.74, 6) is -0.553. The summed E-state index contributed by atoms with van der Waals surface area (Å²) in [6.07, 6.45) is 2.30. The van der Waals surface area contributed by atoms with Crippen molar-refractivity contribution in [2.75, 3.05) is 19.6 Å². The van der Waals surface area contributed by atoms with Crippen molar-refractivity contribution in [1.29, 1.82) is 0 Å². The number of fused-ring (bicyclic) bond motifs is 2. The average molecular weight is 586 g/mol. The van der Waals surface area contributed by atoms with Gasteiger partial charge in [-0.05, 0) is 65.8 Å². The molecule has 202 valence electrons. The monoisotopic (exact) mass is 584 g/mol. The van der Waals surface area contributed by atoms with Gasteiger partial charge < -0.3 is 20.9 Å². The van der Waals surface area contributed by atoms with E-state index in [4.69, 9.17) is 34.8 Å². The van der Waals surface area contributed by atoms with Gasteiger partial charge >= 0.3 is 6.03 Å². The van der Waals surface area contributed by atoms with Gasteiger partial charge in [-0.15, -0.1) is 0 Å². The van der Waals surface area contributed by atoms with Gasteiger partial charge in [0.2, 0.25) is 0 Å². The van der Waals surface area contributed by atoms with Crippen molar-refractivity contribution in [1.82, 2.24) is 20.9 Å². The van der Waals surface area contributed by atoms with E-state index in [0.717, 1.165) is 29.5 Å². The molecule has 7 nitrogen and oxygen atoms in total. The van der Waals surface area contributed by atoms with Crippen LogP contribution < -0.4 is 16.0 Å². The van der Waals surface area contributed by atoms with Crippen molar-refractivity contribution in [2.24, 2.45) is 0 Å². The van der Waals surface area contributed by atoms with Crippen molar-refractivity contribution in [3.05, 3.63) is 103 Å². The Morgan fingerprint density at radius 2 is 1.69 bits per heavy atom. The van der Waals surface area contributed by atoms with Crippen LogP contribution in [0.5, 0.6) is 0 Å². The highest BCUT2D eigenvalue weighted by atomic mass is 35.5. The molecule has 0 unspecified atom stereocenters. The molecule has 4 amide bonds. The SMILES string of the molecule is O=C(NCCNC(=O)c1c(Cl)cc2c(c1Cl)CCN(C(=O)c1cccc(Cl)c1)C2)N[C@@H]1CCc2ccccc21. The molecule has 39 heavy (non-hydrogen) atoms. The minimum atomic E-state index is -0.419. The first-order valence-corrected chi connectivity index (χ1v) is 13.9. The molecule has 3 N–H and O–H groups in total. The molecule has 0 aromatic heterocycles. The summed E-state index contributed by atoms with van der Waals surface area (Å²) in [7, 11) is 0. The smallest absolute Gasteiger partial charge is 0.315 e. The van der Waals surface area contributed by atoms with Gasteiger partial charge in [-0.1, -0.05) is 65.1 Å². The van der Waals surface area contributed by atoms with Gasteiger partial charge in [0.25, 0.3) is 11.8 Å². The Morgan fingerprint density at radius 1 is 0.897 bits per heavy atom. The second-order valence-electron chi connectivity index (χ2n) is 9.62. The van der Waals surface area contributed by atoms with E-state index >= 15 is 0 Å². The lowest BCUT2D eigenvalue weighted by molar-refractivity contribution is 0.0734. The number of hydrogen-bond donors (Lipinski definition) is 3. The maximum Gasteiger partial charge on any atom is 0.315 e. The predicted molar refractivity (Wildman–Crippen MR) is 153 cm³/mol. The highest BCUT2D eigenvalue weighted by molar-refractivity contribution is 6.40. The van der Waals surface area contributed by atoms with Gasteiger partial charge in [-0.2, -0.15) is 0 Å². The minimum Gasteiger partial charge on any atom is -0.350 e. The molecule has 5 rings (SSSR count). The molecular weight excluding hydrogens is 559 g/mol. The molecular formula is C29H27Cl3N4O3. The second kappa shape index (κ2) is 11.9. The molecule has 1 heterocycles. The molecule has 3 aromatic carbocycles. The Kier molecular flexibility index (Phi) is 8.31. The Bertz CT molecular complexity index is 1450. The van der Waals surface area contributed by atoms with E-state index in [1.165, 1.54) is 5.56 Å². The molecule has 10 heteroatoms. The Morgan fingerprint density at radius 3 is 2.51 bits per heavy atom. The van der Waals surface area contributed by atoms with Crippen molar-refractivity contribution in [2.45, 2.75) is 31.8 Å². The number of rotatable bonds is 6. The Labute approximate surface area is 241 Å². The molecule has 0 saturated carbocycles. The third-order valence-electron chi connectivity index (χ3n) is 7.12. The fraction of sp³-hybridized carbons (Fsp3) is 0.276. The predicted octanol–water partition coefficient (Wildman–Crippen LogP) is 5.56. The summed E-state index contributed by atoms with van der Waals surface area (Å²) < 4.78 is 0. The maximum absolute atomic E-state index is 13.0. The number of amides is 4. The fourth-order valence-corrected chi connectivity index (χ4v) is 6.15. The second-order valence-corrected chi connectivity index (χ2v) is 10.8. The van der Waals surface area contributed by atoms with Crippen LogP contribution in [0.3, 0.4) is 0 Å². The molecule has 0 saturated heterocycles. The molecule has 0 spiro atoms. The molecule has 1 aliphatic heterocycles. The summed E-state index contributed by atoms with van der Waals surface area (Å²) >= 11 is 19.2. The number of urea groups is 1. The first-order valence-electron chi connectivity index (χ1n) is 12.8. The van der Waals surface area contributed by atoms with Crippen LogP contribution in [0, 0.1) is 0 Å². The quantitative estimate of drug-likeness (QED) is 0.331. The van der Waals surface area contributed by atoms with Crippen molar-refractivity contribution >= 4 is 52.6 Å². The lowest BCUT2D eigenvalue weighted by Gasteiger charge is -2.30. The minimum absolute atomic E-state index is 0.0133. The summed E-state index contributed by atoms with van der Waals surface area (Å²) in [5, 5.41) is 9.54. The maximum atomic E-state index is 13.0. The third kappa shape index (κ3) is 6.01. The van der Waals surface area contributed by atoms with Gasteiger partial charge in [0.1, 0.15) is 0 Å². The van der Waals surface area contributed by atoms with E-state index in [1.807, 2.05) is 18.2 Å². The lowest BCUT2D eigenvalue weighted by atomic mass is 9.96. The van der Waals surface area contributed by atoms with Crippen molar-refractivity contribution in [3.63, 3.8) is 0 Å². The van der Waals surface area contributed by atoms with Crippen LogP contribution >= 0.6 is 34.8 Å². The number of aryl methyl sites for hydroxylation is 1. The number of nitrogens with one attached hydrogen (secondary N) is 3. The van der Waals surface area contributed by atoms with Crippen LogP contribution in [-0.2, 0) is 19.4 Å². The molecule has 1 aliphatic carbocycles. The van der Waals surface area contributed by atoms with Crippen LogP contribution in [0.4, 0.5) is 4.79 Å². The third-order valence-corrected chi connectivity index (χ3v) is 8.08. The summed E-state index contributed by atoms with van der Waals surface area (Å²) in [6, 6.07) is 16.3. The zero-order valence-corrected chi connectivity index (χ0v) is 23.3. The van der Waals surface area contributed by atoms with Gasteiger partial charge in [0.15, 0.2) is 0 Å².